The first kappa shape index (κ1) is 16.2. The average Bonchev–Trinajstić information content (AvgIpc) is 2.65. The first-order valence-corrected chi connectivity index (χ1v) is 8.23. The third-order valence-corrected chi connectivity index (χ3v) is 4.21. The van der Waals surface area contributed by atoms with E-state index in [-0.39, 0.29) is 11.9 Å². The molecular formula is C21H22N2O. The van der Waals surface area contributed by atoms with Crippen LogP contribution in [0.1, 0.15) is 11.1 Å². The lowest BCUT2D eigenvalue weighted by molar-refractivity contribution is -0.122. The Labute approximate surface area is 142 Å². The normalized spacial score (nSPS) is 12.0. The fourth-order valence-corrected chi connectivity index (χ4v) is 2.87. The van der Waals surface area contributed by atoms with Crippen LogP contribution in [0.2, 0.25) is 0 Å². The van der Waals surface area contributed by atoms with E-state index in [4.69, 9.17) is 0 Å². The van der Waals surface area contributed by atoms with Gasteiger partial charge in [0.15, 0.2) is 0 Å². The van der Waals surface area contributed by atoms with Crippen LogP contribution < -0.4 is 10.6 Å². The topological polar surface area (TPSA) is 41.1 Å². The van der Waals surface area contributed by atoms with E-state index < -0.39 is 0 Å². The van der Waals surface area contributed by atoms with Crippen LogP contribution in [-0.4, -0.2) is 19.0 Å². The summed E-state index contributed by atoms with van der Waals surface area (Å²) < 4.78 is 0. The van der Waals surface area contributed by atoms with Crippen molar-refractivity contribution >= 4 is 16.7 Å². The van der Waals surface area contributed by atoms with Gasteiger partial charge in [0.2, 0.25) is 5.91 Å². The highest BCUT2D eigenvalue weighted by Gasteiger charge is 2.17. The molecule has 3 heteroatoms. The van der Waals surface area contributed by atoms with Gasteiger partial charge < -0.3 is 10.6 Å². The van der Waals surface area contributed by atoms with Crippen LogP contribution in [0.15, 0.2) is 72.8 Å². The van der Waals surface area contributed by atoms with Crippen LogP contribution >= 0.6 is 0 Å². The van der Waals surface area contributed by atoms with Crippen molar-refractivity contribution < 1.29 is 4.79 Å². The highest BCUT2D eigenvalue weighted by Crippen LogP contribution is 2.17. The summed E-state index contributed by atoms with van der Waals surface area (Å²) in [6, 6.07) is 24.5. The zero-order chi connectivity index (χ0) is 16.8. The Balaban J connectivity index is 1.74. The lowest BCUT2D eigenvalue weighted by Gasteiger charge is -2.18. The lowest BCUT2D eigenvalue weighted by atomic mass is 10.0. The fourth-order valence-electron chi connectivity index (χ4n) is 2.87. The minimum atomic E-state index is -0.253. The minimum absolute atomic E-state index is 0.0130. The molecule has 0 saturated carbocycles. The average molecular weight is 318 g/mol. The van der Waals surface area contributed by atoms with Crippen molar-refractivity contribution in [1.29, 1.82) is 0 Å². The number of benzene rings is 3. The van der Waals surface area contributed by atoms with Crippen LogP contribution in [0.4, 0.5) is 0 Å². The molecule has 3 aromatic carbocycles. The number of carbonyl (C=O) groups excluding carboxylic acids is 1. The summed E-state index contributed by atoms with van der Waals surface area (Å²) in [4.78, 5) is 12.2. The highest BCUT2D eigenvalue weighted by atomic mass is 16.2. The van der Waals surface area contributed by atoms with Gasteiger partial charge in [0.1, 0.15) is 0 Å². The van der Waals surface area contributed by atoms with Gasteiger partial charge in [-0.3, -0.25) is 4.79 Å². The molecule has 2 N–H and O–H groups in total. The fraction of sp³-hybridized carbons (Fsp3) is 0.190. The molecular weight excluding hydrogens is 296 g/mol. The van der Waals surface area contributed by atoms with Crippen LogP contribution in [0, 0.1) is 0 Å². The molecule has 0 radical (unpaired) electrons. The smallest absolute Gasteiger partial charge is 0.237 e. The van der Waals surface area contributed by atoms with Crippen molar-refractivity contribution in [3.8, 4) is 0 Å². The summed E-state index contributed by atoms with van der Waals surface area (Å²) in [5.41, 5.74) is 2.33. The van der Waals surface area contributed by atoms with E-state index in [1.54, 1.807) is 7.05 Å². The molecule has 122 valence electrons. The predicted octanol–water partition coefficient (Wildman–Crippen LogP) is 3.29. The van der Waals surface area contributed by atoms with Gasteiger partial charge in [0, 0.05) is 13.6 Å². The second-order valence-corrected chi connectivity index (χ2v) is 5.92. The van der Waals surface area contributed by atoms with Crippen LogP contribution in [0.5, 0.6) is 0 Å². The third-order valence-electron chi connectivity index (χ3n) is 4.21. The number of carbonyl (C=O) groups is 1. The van der Waals surface area contributed by atoms with Gasteiger partial charge in [-0.1, -0.05) is 72.8 Å². The molecule has 3 rings (SSSR count). The summed E-state index contributed by atoms with van der Waals surface area (Å²) in [5, 5.41) is 8.55. The van der Waals surface area contributed by atoms with E-state index >= 15 is 0 Å². The molecule has 0 aliphatic heterocycles. The molecule has 3 nitrogen and oxygen atoms in total. The minimum Gasteiger partial charge on any atom is -0.358 e. The summed E-state index contributed by atoms with van der Waals surface area (Å²) >= 11 is 0. The number of hydrogen-bond donors (Lipinski definition) is 2. The number of rotatable bonds is 6. The second kappa shape index (κ2) is 7.75. The van der Waals surface area contributed by atoms with Gasteiger partial charge in [0.25, 0.3) is 0 Å². The molecule has 0 spiro atoms. The molecule has 0 fully saturated rings. The summed E-state index contributed by atoms with van der Waals surface area (Å²) in [6.45, 7) is 0.673. The Morgan fingerprint density at radius 3 is 2.33 bits per heavy atom. The molecule has 1 atom stereocenters. The highest BCUT2D eigenvalue weighted by molar-refractivity contribution is 5.84. The number of nitrogens with one attached hydrogen (secondary N) is 2. The Hall–Kier alpha value is -2.65. The SMILES string of the molecule is CNC(=O)[C@H](Cc1ccc2ccccc2c1)NCc1ccccc1. The quantitative estimate of drug-likeness (QED) is 0.732. The number of hydrogen-bond acceptors (Lipinski definition) is 2. The Kier molecular flexibility index (Phi) is 5.24. The van der Waals surface area contributed by atoms with Crippen molar-refractivity contribution in [3.63, 3.8) is 0 Å². The predicted molar refractivity (Wildman–Crippen MR) is 98.8 cm³/mol. The monoisotopic (exact) mass is 318 g/mol. The third kappa shape index (κ3) is 4.00. The maximum atomic E-state index is 12.2. The van der Waals surface area contributed by atoms with E-state index in [1.165, 1.54) is 16.3 Å². The van der Waals surface area contributed by atoms with Crippen molar-refractivity contribution in [2.24, 2.45) is 0 Å². The molecule has 24 heavy (non-hydrogen) atoms. The molecule has 3 aromatic rings. The van der Waals surface area contributed by atoms with Gasteiger partial charge in [0.05, 0.1) is 6.04 Å². The molecule has 1 amide bonds. The maximum Gasteiger partial charge on any atom is 0.237 e. The number of amides is 1. The second-order valence-electron chi connectivity index (χ2n) is 5.92. The van der Waals surface area contributed by atoms with Gasteiger partial charge in [-0.25, -0.2) is 0 Å². The van der Waals surface area contributed by atoms with Crippen molar-refractivity contribution in [2.45, 2.75) is 19.0 Å². The van der Waals surface area contributed by atoms with Crippen molar-refractivity contribution in [3.05, 3.63) is 83.9 Å². The molecule has 0 aromatic heterocycles. The molecule has 0 unspecified atom stereocenters. The van der Waals surface area contributed by atoms with Crippen LogP contribution in [0.3, 0.4) is 0 Å². The summed E-state index contributed by atoms with van der Waals surface area (Å²) in [7, 11) is 1.68. The molecule has 0 saturated heterocycles. The van der Waals surface area contributed by atoms with E-state index in [9.17, 15) is 4.79 Å². The Bertz CT molecular complexity index is 814. The first-order valence-electron chi connectivity index (χ1n) is 8.23. The number of likely N-dealkylation sites (N-methyl/N-ethyl adjacent to an activating group) is 1. The molecule has 0 aliphatic rings. The zero-order valence-electron chi connectivity index (χ0n) is 13.8. The summed E-state index contributed by atoms with van der Waals surface area (Å²) in [6.07, 6.45) is 0.664. The first-order chi connectivity index (χ1) is 11.8. The van der Waals surface area contributed by atoms with E-state index in [0.717, 1.165) is 5.56 Å². The zero-order valence-corrected chi connectivity index (χ0v) is 13.8. The largest absolute Gasteiger partial charge is 0.358 e. The van der Waals surface area contributed by atoms with Gasteiger partial charge in [-0.2, -0.15) is 0 Å². The van der Waals surface area contributed by atoms with E-state index in [2.05, 4.69) is 53.1 Å². The maximum absolute atomic E-state index is 12.2. The van der Waals surface area contributed by atoms with Crippen LogP contribution in [-0.2, 0) is 17.8 Å². The summed E-state index contributed by atoms with van der Waals surface area (Å²) in [5.74, 6) is 0.0130. The van der Waals surface area contributed by atoms with E-state index in [0.29, 0.717) is 13.0 Å². The molecule has 0 aliphatic carbocycles. The Morgan fingerprint density at radius 1 is 0.875 bits per heavy atom. The Morgan fingerprint density at radius 2 is 1.58 bits per heavy atom. The van der Waals surface area contributed by atoms with Crippen molar-refractivity contribution in [2.75, 3.05) is 7.05 Å². The number of fused-ring (bicyclic) bond motifs is 1. The van der Waals surface area contributed by atoms with Gasteiger partial charge in [-0.15, -0.1) is 0 Å². The molecule has 0 bridgehead atoms. The standard InChI is InChI=1S/C21H22N2O/c1-22-21(24)20(23-15-16-7-3-2-4-8-16)14-17-11-12-18-9-5-6-10-19(18)13-17/h2-13,20,23H,14-15H2,1H3,(H,22,24)/t20-/m0/s1. The van der Waals surface area contributed by atoms with Crippen LogP contribution in [0.25, 0.3) is 10.8 Å². The van der Waals surface area contributed by atoms with E-state index in [1.807, 2.05) is 30.3 Å². The van der Waals surface area contributed by atoms with Gasteiger partial charge in [-0.05, 0) is 28.3 Å². The molecule has 0 heterocycles. The van der Waals surface area contributed by atoms with Crippen molar-refractivity contribution in [1.82, 2.24) is 10.6 Å². The lowest BCUT2D eigenvalue weighted by Crippen LogP contribution is -2.44. The van der Waals surface area contributed by atoms with Gasteiger partial charge >= 0.3 is 0 Å².